The van der Waals surface area contributed by atoms with Crippen molar-refractivity contribution >= 4 is 15.6 Å². The average molecular weight is 502 g/mol. The van der Waals surface area contributed by atoms with Crippen LogP contribution in [0.3, 0.4) is 0 Å². The second-order valence-electron chi connectivity index (χ2n) is 9.73. The molecule has 2 heterocycles. The molecule has 0 aliphatic carbocycles. The molecule has 3 aromatic rings. The van der Waals surface area contributed by atoms with E-state index in [-0.39, 0.29) is 35.3 Å². The zero-order chi connectivity index (χ0) is 25.9. The first-order chi connectivity index (χ1) is 17.2. The number of fused-ring (bicyclic) bond motifs is 1. The van der Waals surface area contributed by atoms with Gasteiger partial charge < -0.3 is 0 Å². The van der Waals surface area contributed by atoms with Gasteiger partial charge in [0, 0.05) is 32.1 Å². The van der Waals surface area contributed by atoms with Crippen LogP contribution >= 0.6 is 0 Å². The average Bonchev–Trinajstić information content (AvgIpc) is 3.22. The number of nitrogens with zero attached hydrogens (tertiary/aromatic N) is 3. The van der Waals surface area contributed by atoms with Crippen molar-refractivity contribution in [3.05, 3.63) is 94.3 Å². The second-order valence-corrected chi connectivity index (χ2v) is 12.0. The predicted octanol–water partition coefficient (Wildman–Crippen LogP) is 4.81. The van der Waals surface area contributed by atoms with Gasteiger partial charge in [0.15, 0.2) is 9.84 Å². The Kier molecular flexibility index (Phi) is 7.67. The van der Waals surface area contributed by atoms with Crippen LogP contribution in [-0.4, -0.2) is 29.8 Å². The molecule has 0 spiro atoms. The van der Waals surface area contributed by atoms with Crippen molar-refractivity contribution in [3.63, 3.8) is 0 Å². The molecule has 1 atom stereocenters. The lowest BCUT2D eigenvalue weighted by molar-refractivity contribution is -0.117. The van der Waals surface area contributed by atoms with Crippen molar-refractivity contribution in [2.24, 2.45) is 5.92 Å². The van der Waals surface area contributed by atoms with Crippen LogP contribution in [0.1, 0.15) is 60.3 Å². The van der Waals surface area contributed by atoms with Crippen LogP contribution in [0.5, 0.6) is 0 Å². The number of nitriles is 1. The minimum absolute atomic E-state index is 0.0547. The van der Waals surface area contributed by atoms with Crippen LogP contribution in [0.25, 0.3) is 0 Å². The number of hydrogen-bond donors (Lipinski definition) is 0. The zero-order valence-electron chi connectivity index (χ0n) is 20.9. The zero-order valence-corrected chi connectivity index (χ0v) is 21.8. The number of Topliss-reactive ketones (excluding diaryl/α,β-unsaturated/α-hetero) is 1. The molecule has 0 amide bonds. The highest BCUT2D eigenvalue weighted by Crippen LogP contribution is 2.38. The molecular formula is C29H31N3O3S. The number of pyridine rings is 1. The Morgan fingerprint density at radius 2 is 1.69 bits per heavy atom. The third-order valence-corrected chi connectivity index (χ3v) is 8.42. The van der Waals surface area contributed by atoms with Crippen LogP contribution in [0.2, 0.25) is 0 Å². The smallest absolute Gasteiger partial charge is 0.178 e. The normalized spacial score (nSPS) is 15.6. The van der Waals surface area contributed by atoms with Crippen molar-refractivity contribution < 1.29 is 13.2 Å². The SMILES string of the molecule is CCS(=O)(=O)c1ccc(CC(=O)Cc2cnc3c(c2)CN(Cc2ccc(C#N)cc2)[C@H]3C(C)C)cc1. The number of rotatable bonds is 9. The Labute approximate surface area is 213 Å². The first-order valence-electron chi connectivity index (χ1n) is 12.2. The maximum Gasteiger partial charge on any atom is 0.178 e. The summed E-state index contributed by atoms with van der Waals surface area (Å²) in [4.78, 5) is 20.2. The molecule has 0 fully saturated rings. The lowest BCUT2D eigenvalue weighted by Crippen LogP contribution is -2.25. The Morgan fingerprint density at radius 1 is 1.06 bits per heavy atom. The van der Waals surface area contributed by atoms with E-state index in [1.165, 1.54) is 0 Å². The van der Waals surface area contributed by atoms with Gasteiger partial charge in [0.1, 0.15) is 5.78 Å². The summed E-state index contributed by atoms with van der Waals surface area (Å²) < 4.78 is 24.0. The van der Waals surface area contributed by atoms with E-state index in [9.17, 15) is 13.2 Å². The Morgan fingerprint density at radius 3 is 2.31 bits per heavy atom. The predicted molar refractivity (Wildman–Crippen MR) is 139 cm³/mol. The van der Waals surface area contributed by atoms with Gasteiger partial charge in [0.25, 0.3) is 0 Å². The monoisotopic (exact) mass is 501 g/mol. The lowest BCUT2D eigenvalue weighted by atomic mass is 9.98. The summed E-state index contributed by atoms with van der Waals surface area (Å²) in [5.41, 5.74) is 5.73. The summed E-state index contributed by atoms with van der Waals surface area (Å²) in [6, 6.07) is 18.7. The maximum absolute atomic E-state index is 12.8. The van der Waals surface area contributed by atoms with E-state index < -0.39 is 9.84 Å². The number of ketones is 1. The molecule has 0 radical (unpaired) electrons. The standard InChI is InChI=1S/C29H31N3O3S/c1-4-36(34,35)27-11-9-21(10-12-27)14-26(33)15-24-13-25-19-32(29(20(2)3)28(25)31-17-24)18-23-7-5-22(16-30)6-8-23/h5-13,17,20,29H,4,14-15,18-19H2,1-3H3/t29-/m0/s1. The largest absolute Gasteiger partial charge is 0.299 e. The molecule has 0 saturated carbocycles. The molecular weight excluding hydrogens is 470 g/mol. The number of carbonyl (C=O) groups excluding carboxylic acids is 1. The van der Waals surface area contributed by atoms with E-state index in [1.54, 1.807) is 31.2 Å². The van der Waals surface area contributed by atoms with Gasteiger partial charge in [-0.1, -0.05) is 51.1 Å². The van der Waals surface area contributed by atoms with E-state index in [2.05, 4.69) is 30.9 Å². The fourth-order valence-corrected chi connectivity index (χ4v) is 5.74. The minimum Gasteiger partial charge on any atom is -0.299 e. The first-order valence-corrected chi connectivity index (χ1v) is 13.9. The summed E-state index contributed by atoms with van der Waals surface area (Å²) >= 11 is 0. The third-order valence-electron chi connectivity index (χ3n) is 6.67. The highest BCUT2D eigenvalue weighted by molar-refractivity contribution is 7.91. The van der Waals surface area contributed by atoms with Crippen molar-refractivity contribution in [2.45, 2.75) is 57.6 Å². The van der Waals surface area contributed by atoms with Gasteiger partial charge in [-0.05, 0) is 52.4 Å². The summed E-state index contributed by atoms with van der Waals surface area (Å²) in [5, 5.41) is 9.05. The van der Waals surface area contributed by atoms with E-state index in [4.69, 9.17) is 10.2 Å². The Hall–Kier alpha value is -3.34. The van der Waals surface area contributed by atoms with Gasteiger partial charge in [0.05, 0.1) is 34.0 Å². The van der Waals surface area contributed by atoms with Crippen LogP contribution in [0.4, 0.5) is 0 Å². The van der Waals surface area contributed by atoms with Crippen molar-refractivity contribution in [3.8, 4) is 6.07 Å². The number of hydrogen-bond acceptors (Lipinski definition) is 6. The highest BCUT2D eigenvalue weighted by atomic mass is 32.2. The van der Waals surface area contributed by atoms with Crippen molar-refractivity contribution in [1.82, 2.24) is 9.88 Å². The fraction of sp³-hybridized carbons (Fsp3) is 0.345. The quantitative estimate of drug-likeness (QED) is 0.418. The molecule has 6 nitrogen and oxygen atoms in total. The lowest BCUT2D eigenvalue weighted by Gasteiger charge is -2.27. The maximum atomic E-state index is 12.8. The van der Waals surface area contributed by atoms with Gasteiger partial charge in [-0.25, -0.2) is 8.42 Å². The molecule has 1 aliphatic rings. The van der Waals surface area contributed by atoms with E-state index in [0.29, 0.717) is 11.5 Å². The molecule has 7 heteroatoms. The molecule has 0 N–H and O–H groups in total. The van der Waals surface area contributed by atoms with E-state index in [1.807, 2.05) is 30.5 Å². The summed E-state index contributed by atoms with van der Waals surface area (Å²) in [6.45, 7) is 7.54. The minimum atomic E-state index is -3.25. The van der Waals surface area contributed by atoms with E-state index >= 15 is 0 Å². The molecule has 0 bridgehead atoms. The summed E-state index contributed by atoms with van der Waals surface area (Å²) in [7, 11) is -3.25. The van der Waals surface area contributed by atoms with Gasteiger partial charge in [-0.2, -0.15) is 5.26 Å². The van der Waals surface area contributed by atoms with Crippen LogP contribution in [-0.2, 0) is 40.6 Å². The summed E-state index contributed by atoms with van der Waals surface area (Å²) in [6.07, 6.45) is 2.36. The Bertz CT molecular complexity index is 1390. The van der Waals surface area contributed by atoms with Crippen LogP contribution < -0.4 is 0 Å². The molecule has 0 saturated heterocycles. The summed E-state index contributed by atoms with van der Waals surface area (Å²) in [5.74, 6) is 0.499. The Balaban J connectivity index is 1.44. The topological polar surface area (TPSA) is 91.1 Å². The molecule has 1 aromatic heterocycles. The highest BCUT2D eigenvalue weighted by Gasteiger charge is 2.33. The van der Waals surface area contributed by atoms with Crippen molar-refractivity contribution in [2.75, 3.05) is 5.75 Å². The van der Waals surface area contributed by atoms with Gasteiger partial charge >= 0.3 is 0 Å². The number of aromatic nitrogens is 1. The van der Waals surface area contributed by atoms with Gasteiger partial charge in [0.2, 0.25) is 0 Å². The van der Waals surface area contributed by atoms with Crippen LogP contribution in [0.15, 0.2) is 65.7 Å². The van der Waals surface area contributed by atoms with Gasteiger partial charge in [-0.15, -0.1) is 0 Å². The van der Waals surface area contributed by atoms with Crippen molar-refractivity contribution in [1.29, 1.82) is 5.26 Å². The fourth-order valence-electron chi connectivity index (χ4n) is 4.86. The number of benzene rings is 2. The molecule has 4 rings (SSSR count). The van der Waals surface area contributed by atoms with Crippen LogP contribution in [0, 0.1) is 17.2 Å². The molecule has 2 aromatic carbocycles. The number of carbonyl (C=O) groups is 1. The molecule has 1 aliphatic heterocycles. The van der Waals surface area contributed by atoms with Gasteiger partial charge in [-0.3, -0.25) is 14.7 Å². The first kappa shape index (κ1) is 25.7. The van der Waals surface area contributed by atoms with E-state index in [0.717, 1.165) is 41.0 Å². The molecule has 36 heavy (non-hydrogen) atoms. The number of sulfone groups is 1. The molecule has 186 valence electrons. The molecule has 0 unspecified atom stereocenters. The third kappa shape index (κ3) is 5.72. The second kappa shape index (κ2) is 10.7.